The topological polar surface area (TPSA) is 83.5 Å². The van der Waals surface area contributed by atoms with Crippen LogP contribution >= 0.6 is 0 Å². The lowest BCUT2D eigenvalue weighted by molar-refractivity contribution is -0.137. The van der Waals surface area contributed by atoms with Gasteiger partial charge in [0.1, 0.15) is 0 Å². The number of carboxylic acids is 1. The first kappa shape index (κ1) is 27.6. The summed E-state index contributed by atoms with van der Waals surface area (Å²) in [6.45, 7) is 8.20. The van der Waals surface area contributed by atoms with Crippen LogP contribution in [-0.2, 0) is 4.79 Å². The van der Waals surface area contributed by atoms with Crippen molar-refractivity contribution in [2.75, 3.05) is 6.61 Å². The maximum Gasteiger partial charge on any atom is 0.303 e. The lowest BCUT2D eigenvalue weighted by atomic mass is 10.0. The standard InChI is InChI=1S/C18H36O2.C4H11NO/c1-17(2)15-13-11-9-7-5-3-4-6-8-10-12-14-16-18(19)20;1-4(2,5)3-6/h17H,3-16H2,1-2H3,(H,19,20);6H,3,5H2,1-2H3. The Balaban J connectivity index is 0. The van der Waals surface area contributed by atoms with Crippen LogP contribution in [0.4, 0.5) is 0 Å². The average Bonchev–Trinajstić information content (AvgIpc) is 2.54. The van der Waals surface area contributed by atoms with Crippen molar-refractivity contribution in [1.29, 1.82) is 0 Å². The number of nitrogens with two attached hydrogens (primary N) is 1. The number of aliphatic hydroxyl groups is 1. The number of unbranched alkanes of at least 4 members (excludes halogenated alkanes) is 11. The summed E-state index contributed by atoms with van der Waals surface area (Å²) in [5, 5.41) is 16.8. The minimum absolute atomic E-state index is 0.0486. The smallest absolute Gasteiger partial charge is 0.303 e. The Labute approximate surface area is 162 Å². The molecule has 0 radical (unpaired) electrons. The molecule has 0 saturated carbocycles. The number of aliphatic hydroxyl groups excluding tert-OH is 1. The predicted molar refractivity (Wildman–Crippen MR) is 112 cm³/mol. The molecule has 0 amide bonds. The highest BCUT2D eigenvalue weighted by atomic mass is 16.4. The Hall–Kier alpha value is -0.610. The van der Waals surface area contributed by atoms with Crippen LogP contribution in [0.2, 0.25) is 0 Å². The van der Waals surface area contributed by atoms with Gasteiger partial charge in [0.25, 0.3) is 0 Å². The molecule has 0 spiro atoms. The molecular weight excluding hydrogens is 326 g/mol. The second-order valence-electron chi connectivity index (χ2n) is 8.72. The molecule has 0 aromatic rings. The third-order valence-corrected chi connectivity index (χ3v) is 4.33. The number of hydrogen-bond donors (Lipinski definition) is 3. The van der Waals surface area contributed by atoms with Crippen LogP contribution in [-0.4, -0.2) is 28.3 Å². The molecule has 0 heterocycles. The summed E-state index contributed by atoms with van der Waals surface area (Å²) in [5.74, 6) is 0.212. The number of carboxylic acid groups (broad SMARTS) is 1. The fourth-order valence-electron chi connectivity index (χ4n) is 2.60. The number of carbonyl (C=O) groups is 1. The lowest BCUT2D eigenvalue weighted by Crippen LogP contribution is -2.35. The van der Waals surface area contributed by atoms with E-state index in [0.717, 1.165) is 18.8 Å². The van der Waals surface area contributed by atoms with E-state index in [1.54, 1.807) is 13.8 Å². The van der Waals surface area contributed by atoms with Crippen molar-refractivity contribution in [1.82, 2.24) is 0 Å². The van der Waals surface area contributed by atoms with Crippen LogP contribution in [0.3, 0.4) is 0 Å². The molecule has 158 valence electrons. The van der Waals surface area contributed by atoms with Gasteiger partial charge in [-0.25, -0.2) is 0 Å². The Kier molecular flexibility index (Phi) is 20.3. The summed E-state index contributed by atoms with van der Waals surface area (Å²) >= 11 is 0. The number of aliphatic carboxylic acids is 1. The fourth-order valence-corrected chi connectivity index (χ4v) is 2.60. The van der Waals surface area contributed by atoms with Gasteiger partial charge in [0.2, 0.25) is 0 Å². The molecule has 0 aromatic heterocycles. The zero-order valence-corrected chi connectivity index (χ0v) is 18.1. The molecular formula is C22H47NO3. The van der Waals surface area contributed by atoms with Gasteiger partial charge in [0.15, 0.2) is 0 Å². The van der Waals surface area contributed by atoms with E-state index in [1.165, 1.54) is 70.6 Å². The molecule has 4 heteroatoms. The van der Waals surface area contributed by atoms with Gasteiger partial charge >= 0.3 is 5.97 Å². The van der Waals surface area contributed by atoms with Crippen LogP contribution < -0.4 is 5.73 Å². The van der Waals surface area contributed by atoms with Crippen molar-refractivity contribution in [3.63, 3.8) is 0 Å². The van der Waals surface area contributed by atoms with Gasteiger partial charge in [-0.15, -0.1) is 0 Å². The number of rotatable bonds is 16. The largest absolute Gasteiger partial charge is 0.481 e. The Bertz CT molecular complexity index is 298. The molecule has 4 N–H and O–H groups in total. The van der Waals surface area contributed by atoms with Crippen LogP contribution in [0.5, 0.6) is 0 Å². The molecule has 0 aromatic carbocycles. The average molecular weight is 374 g/mol. The Morgan fingerprint density at radius 3 is 1.38 bits per heavy atom. The highest BCUT2D eigenvalue weighted by Gasteiger charge is 2.05. The lowest BCUT2D eigenvalue weighted by Gasteiger charge is -2.12. The normalized spacial score (nSPS) is 11.3. The monoisotopic (exact) mass is 373 g/mol. The van der Waals surface area contributed by atoms with Crippen LogP contribution in [0.15, 0.2) is 0 Å². The molecule has 0 unspecified atom stereocenters. The molecule has 0 aliphatic rings. The van der Waals surface area contributed by atoms with Gasteiger partial charge < -0.3 is 15.9 Å². The Morgan fingerprint density at radius 1 is 0.808 bits per heavy atom. The maximum absolute atomic E-state index is 10.3. The summed E-state index contributed by atoms with van der Waals surface area (Å²) in [5.41, 5.74) is 4.88. The third kappa shape index (κ3) is 31.2. The zero-order valence-electron chi connectivity index (χ0n) is 18.1. The van der Waals surface area contributed by atoms with Gasteiger partial charge in [-0.1, -0.05) is 90.9 Å². The summed E-state index contributed by atoms with van der Waals surface area (Å²) < 4.78 is 0. The van der Waals surface area contributed by atoms with Crippen molar-refractivity contribution >= 4 is 5.97 Å². The minimum atomic E-state index is -0.654. The van der Waals surface area contributed by atoms with E-state index in [-0.39, 0.29) is 6.61 Å². The molecule has 0 saturated heterocycles. The third-order valence-electron chi connectivity index (χ3n) is 4.33. The summed E-state index contributed by atoms with van der Waals surface area (Å²) in [6.07, 6.45) is 17.3. The van der Waals surface area contributed by atoms with Crippen LogP contribution in [0, 0.1) is 5.92 Å². The SMILES string of the molecule is CC(C)(N)CO.CC(C)CCCCCCCCCCCCCCC(=O)O. The van der Waals surface area contributed by atoms with Crippen LogP contribution in [0.25, 0.3) is 0 Å². The van der Waals surface area contributed by atoms with Gasteiger partial charge in [-0.05, 0) is 26.2 Å². The fraction of sp³-hybridized carbons (Fsp3) is 0.955. The van der Waals surface area contributed by atoms with E-state index >= 15 is 0 Å². The number of hydrogen-bond acceptors (Lipinski definition) is 3. The highest BCUT2D eigenvalue weighted by molar-refractivity contribution is 5.66. The minimum Gasteiger partial charge on any atom is -0.481 e. The summed E-state index contributed by atoms with van der Waals surface area (Å²) in [6, 6.07) is 0. The first-order valence-electron chi connectivity index (χ1n) is 10.8. The molecule has 0 aliphatic heterocycles. The highest BCUT2D eigenvalue weighted by Crippen LogP contribution is 2.14. The van der Waals surface area contributed by atoms with E-state index in [1.807, 2.05) is 0 Å². The quantitative estimate of drug-likeness (QED) is 0.294. The van der Waals surface area contributed by atoms with Crippen molar-refractivity contribution in [2.24, 2.45) is 11.7 Å². The van der Waals surface area contributed by atoms with E-state index < -0.39 is 11.5 Å². The molecule has 0 bridgehead atoms. The van der Waals surface area contributed by atoms with Gasteiger partial charge in [-0.2, -0.15) is 0 Å². The van der Waals surface area contributed by atoms with E-state index in [2.05, 4.69) is 13.8 Å². The first-order chi connectivity index (χ1) is 12.2. The van der Waals surface area contributed by atoms with Crippen molar-refractivity contribution in [3.8, 4) is 0 Å². The summed E-state index contributed by atoms with van der Waals surface area (Å²) in [4.78, 5) is 10.3. The molecule has 0 aliphatic carbocycles. The summed E-state index contributed by atoms with van der Waals surface area (Å²) in [7, 11) is 0. The van der Waals surface area contributed by atoms with Gasteiger partial charge in [0, 0.05) is 12.0 Å². The Morgan fingerprint density at radius 2 is 1.12 bits per heavy atom. The van der Waals surface area contributed by atoms with Gasteiger partial charge in [0.05, 0.1) is 6.61 Å². The van der Waals surface area contributed by atoms with Gasteiger partial charge in [-0.3, -0.25) is 4.79 Å². The molecule has 4 nitrogen and oxygen atoms in total. The van der Waals surface area contributed by atoms with E-state index in [9.17, 15) is 4.79 Å². The second kappa shape index (κ2) is 19.2. The van der Waals surface area contributed by atoms with E-state index in [4.69, 9.17) is 15.9 Å². The van der Waals surface area contributed by atoms with Crippen molar-refractivity contribution in [3.05, 3.63) is 0 Å². The van der Waals surface area contributed by atoms with Crippen molar-refractivity contribution in [2.45, 2.75) is 123 Å². The maximum atomic E-state index is 10.3. The zero-order chi connectivity index (χ0) is 20.3. The molecule has 0 rings (SSSR count). The predicted octanol–water partition coefficient (Wildman–Crippen LogP) is 5.90. The molecule has 0 fully saturated rings. The second-order valence-corrected chi connectivity index (χ2v) is 8.72. The first-order valence-corrected chi connectivity index (χ1v) is 10.8. The van der Waals surface area contributed by atoms with Crippen molar-refractivity contribution < 1.29 is 15.0 Å². The van der Waals surface area contributed by atoms with Crippen LogP contribution in [0.1, 0.15) is 118 Å². The molecule has 0 atom stereocenters. The molecule has 26 heavy (non-hydrogen) atoms. The van der Waals surface area contributed by atoms with E-state index in [0.29, 0.717) is 6.42 Å².